The molecular weight excluding hydrogens is 244 g/mol. The fourth-order valence-corrected chi connectivity index (χ4v) is 2.30. The SMILES string of the molecule is Cc1c(Cl)ccc(C(=O)O)c1O[Si](C)(C)C. The minimum atomic E-state index is -1.85. The predicted molar refractivity (Wildman–Crippen MR) is 67.1 cm³/mol. The molecule has 0 aliphatic heterocycles. The lowest BCUT2D eigenvalue weighted by Crippen LogP contribution is -2.30. The molecule has 0 aliphatic rings. The molecule has 0 spiro atoms. The summed E-state index contributed by atoms with van der Waals surface area (Å²) >= 11 is 5.96. The van der Waals surface area contributed by atoms with Gasteiger partial charge in [0.15, 0.2) is 0 Å². The molecule has 0 bridgehead atoms. The number of carboxylic acid groups (broad SMARTS) is 1. The van der Waals surface area contributed by atoms with Gasteiger partial charge in [-0.05, 0) is 38.7 Å². The molecule has 0 amide bonds. The van der Waals surface area contributed by atoms with Crippen molar-refractivity contribution >= 4 is 25.9 Å². The third-order valence-corrected chi connectivity index (χ3v) is 3.20. The van der Waals surface area contributed by atoms with Crippen molar-refractivity contribution in [3.05, 3.63) is 28.3 Å². The monoisotopic (exact) mass is 258 g/mol. The highest BCUT2D eigenvalue weighted by atomic mass is 35.5. The highest BCUT2D eigenvalue weighted by Crippen LogP contribution is 2.31. The first-order valence-electron chi connectivity index (χ1n) is 4.94. The van der Waals surface area contributed by atoms with Crippen molar-refractivity contribution in [2.24, 2.45) is 0 Å². The van der Waals surface area contributed by atoms with E-state index in [1.54, 1.807) is 13.0 Å². The van der Waals surface area contributed by atoms with Crippen molar-refractivity contribution in [3.63, 3.8) is 0 Å². The molecule has 1 aromatic rings. The second-order valence-corrected chi connectivity index (χ2v) is 9.40. The molecule has 0 radical (unpaired) electrons. The summed E-state index contributed by atoms with van der Waals surface area (Å²) in [6.07, 6.45) is 0. The van der Waals surface area contributed by atoms with Gasteiger partial charge in [-0.15, -0.1) is 0 Å². The maximum Gasteiger partial charge on any atom is 0.339 e. The fraction of sp³-hybridized carbons (Fsp3) is 0.364. The fourth-order valence-electron chi connectivity index (χ4n) is 1.27. The molecule has 0 unspecified atom stereocenters. The summed E-state index contributed by atoms with van der Waals surface area (Å²) in [7, 11) is -1.85. The van der Waals surface area contributed by atoms with E-state index in [1.165, 1.54) is 6.07 Å². The van der Waals surface area contributed by atoms with Gasteiger partial charge < -0.3 is 9.53 Å². The maximum absolute atomic E-state index is 11.1. The Balaban J connectivity index is 3.32. The van der Waals surface area contributed by atoms with Crippen molar-refractivity contribution in [3.8, 4) is 5.75 Å². The molecule has 0 aliphatic carbocycles. The van der Waals surface area contributed by atoms with E-state index in [1.807, 2.05) is 19.6 Å². The van der Waals surface area contributed by atoms with E-state index >= 15 is 0 Å². The van der Waals surface area contributed by atoms with Crippen LogP contribution in [0.15, 0.2) is 12.1 Å². The molecule has 0 saturated heterocycles. The van der Waals surface area contributed by atoms with Crippen molar-refractivity contribution in [2.75, 3.05) is 0 Å². The van der Waals surface area contributed by atoms with Gasteiger partial charge in [-0.3, -0.25) is 0 Å². The average molecular weight is 259 g/mol. The number of halogens is 1. The summed E-state index contributed by atoms with van der Waals surface area (Å²) in [5, 5.41) is 9.60. The van der Waals surface area contributed by atoms with Crippen LogP contribution >= 0.6 is 11.6 Å². The molecule has 0 aromatic heterocycles. The molecule has 0 heterocycles. The summed E-state index contributed by atoms with van der Waals surface area (Å²) in [5.74, 6) is -0.591. The summed E-state index contributed by atoms with van der Waals surface area (Å²) < 4.78 is 5.78. The van der Waals surface area contributed by atoms with Crippen LogP contribution in [-0.4, -0.2) is 19.4 Å². The number of carbonyl (C=O) groups is 1. The first-order valence-corrected chi connectivity index (χ1v) is 8.72. The third-order valence-electron chi connectivity index (χ3n) is 1.98. The lowest BCUT2D eigenvalue weighted by atomic mass is 10.1. The normalized spacial score (nSPS) is 11.3. The van der Waals surface area contributed by atoms with E-state index in [0.29, 0.717) is 16.3 Å². The quantitative estimate of drug-likeness (QED) is 0.844. The average Bonchev–Trinajstić information content (AvgIpc) is 2.10. The van der Waals surface area contributed by atoms with Crippen molar-refractivity contribution < 1.29 is 14.3 Å². The minimum Gasteiger partial charge on any atom is -0.544 e. The van der Waals surface area contributed by atoms with Gasteiger partial charge >= 0.3 is 5.97 Å². The van der Waals surface area contributed by atoms with Crippen LogP contribution in [0.25, 0.3) is 0 Å². The van der Waals surface area contributed by atoms with Gasteiger partial charge in [0.2, 0.25) is 8.32 Å². The number of aromatic carboxylic acids is 1. The van der Waals surface area contributed by atoms with Gasteiger partial charge in [-0.1, -0.05) is 11.6 Å². The number of rotatable bonds is 3. The van der Waals surface area contributed by atoms with Gasteiger partial charge in [0, 0.05) is 10.6 Å². The summed E-state index contributed by atoms with van der Waals surface area (Å²) in [6.45, 7) is 7.77. The van der Waals surface area contributed by atoms with Crippen molar-refractivity contribution in [1.29, 1.82) is 0 Å². The Morgan fingerprint density at radius 2 is 1.94 bits per heavy atom. The molecule has 0 fully saturated rings. The third kappa shape index (κ3) is 2.99. The number of carboxylic acids is 1. The highest BCUT2D eigenvalue weighted by Gasteiger charge is 2.23. The largest absolute Gasteiger partial charge is 0.544 e. The van der Waals surface area contributed by atoms with Crippen molar-refractivity contribution in [1.82, 2.24) is 0 Å². The second-order valence-electron chi connectivity index (χ2n) is 4.57. The van der Waals surface area contributed by atoms with Crippen LogP contribution in [-0.2, 0) is 0 Å². The number of hydrogen-bond donors (Lipinski definition) is 1. The Kier molecular flexibility index (Phi) is 3.65. The lowest BCUT2D eigenvalue weighted by molar-refractivity contribution is 0.0694. The molecule has 1 N–H and O–H groups in total. The van der Waals surface area contributed by atoms with Crippen LogP contribution in [0.1, 0.15) is 15.9 Å². The molecule has 3 nitrogen and oxygen atoms in total. The Morgan fingerprint density at radius 3 is 2.38 bits per heavy atom. The molecule has 5 heteroatoms. The summed E-state index contributed by atoms with van der Waals surface area (Å²) in [4.78, 5) is 11.1. The lowest BCUT2D eigenvalue weighted by Gasteiger charge is -2.22. The van der Waals surface area contributed by atoms with Crippen LogP contribution in [0, 0.1) is 6.92 Å². The first kappa shape index (κ1) is 13.1. The summed E-state index contributed by atoms with van der Waals surface area (Å²) in [5.41, 5.74) is 0.855. The van der Waals surface area contributed by atoms with Gasteiger partial charge in [0.1, 0.15) is 11.3 Å². The first-order chi connectivity index (χ1) is 7.22. The van der Waals surface area contributed by atoms with Crippen LogP contribution < -0.4 is 4.43 Å². The van der Waals surface area contributed by atoms with Gasteiger partial charge in [0.05, 0.1) is 0 Å². The number of benzene rings is 1. The molecule has 16 heavy (non-hydrogen) atoms. The predicted octanol–water partition coefficient (Wildman–Crippen LogP) is 3.56. The number of hydrogen-bond acceptors (Lipinski definition) is 2. The van der Waals surface area contributed by atoms with E-state index in [0.717, 1.165) is 0 Å². The van der Waals surface area contributed by atoms with E-state index in [-0.39, 0.29) is 5.56 Å². The molecular formula is C11H15ClO3Si. The maximum atomic E-state index is 11.1. The molecule has 0 saturated carbocycles. The Hall–Kier alpha value is -1.00. The zero-order valence-electron chi connectivity index (χ0n) is 9.80. The molecule has 0 atom stereocenters. The molecule has 1 aromatic carbocycles. The Morgan fingerprint density at radius 1 is 1.38 bits per heavy atom. The van der Waals surface area contributed by atoms with Crippen LogP contribution in [0.2, 0.25) is 24.7 Å². The standard InChI is InChI=1S/C11H15ClO3Si/c1-7-9(12)6-5-8(11(13)14)10(7)15-16(2,3)4/h5-6H,1-4H3,(H,13,14). The second kappa shape index (κ2) is 4.47. The zero-order chi connectivity index (χ0) is 12.5. The van der Waals surface area contributed by atoms with Crippen LogP contribution in [0.3, 0.4) is 0 Å². The topological polar surface area (TPSA) is 46.5 Å². The van der Waals surface area contributed by atoms with Crippen LogP contribution in [0.5, 0.6) is 5.75 Å². The van der Waals surface area contributed by atoms with E-state index < -0.39 is 14.3 Å². The highest BCUT2D eigenvalue weighted by molar-refractivity contribution is 6.70. The van der Waals surface area contributed by atoms with E-state index in [9.17, 15) is 4.79 Å². The molecule has 88 valence electrons. The van der Waals surface area contributed by atoms with Gasteiger partial charge in [-0.25, -0.2) is 4.79 Å². The van der Waals surface area contributed by atoms with Gasteiger partial charge in [0.25, 0.3) is 0 Å². The van der Waals surface area contributed by atoms with E-state index in [2.05, 4.69) is 0 Å². The Labute approximate surface area is 101 Å². The smallest absolute Gasteiger partial charge is 0.339 e. The zero-order valence-corrected chi connectivity index (χ0v) is 11.6. The summed E-state index contributed by atoms with van der Waals surface area (Å²) in [6, 6.07) is 3.06. The molecule has 1 rings (SSSR count). The Bertz CT molecular complexity index is 424. The van der Waals surface area contributed by atoms with E-state index in [4.69, 9.17) is 21.1 Å². The van der Waals surface area contributed by atoms with Gasteiger partial charge in [-0.2, -0.15) is 0 Å². The van der Waals surface area contributed by atoms with Crippen LogP contribution in [0.4, 0.5) is 0 Å². The minimum absolute atomic E-state index is 0.171. The van der Waals surface area contributed by atoms with Crippen molar-refractivity contribution in [2.45, 2.75) is 26.6 Å².